The van der Waals surface area contributed by atoms with Crippen LogP contribution >= 0.6 is 12.4 Å². The number of fused-ring (bicyclic) bond motifs is 1. The third-order valence-corrected chi connectivity index (χ3v) is 4.40. The molecule has 0 atom stereocenters. The fourth-order valence-corrected chi connectivity index (χ4v) is 3.03. The largest absolute Gasteiger partial charge is 0.493 e. The highest BCUT2D eigenvalue weighted by molar-refractivity contribution is 5.94. The molecule has 3 N–H and O–H groups in total. The van der Waals surface area contributed by atoms with Crippen molar-refractivity contribution < 1.29 is 14.3 Å². The fourth-order valence-electron chi connectivity index (χ4n) is 3.03. The molecule has 1 amide bonds. The van der Waals surface area contributed by atoms with Gasteiger partial charge < -0.3 is 20.1 Å². The zero-order chi connectivity index (χ0) is 17.6. The van der Waals surface area contributed by atoms with Gasteiger partial charge in [0, 0.05) is 37.3 Å². The number of H-pyrrole nitrogens is 1. The number of nitrogens with one attached hydrogen (secondary N) is 3. The van der Waals surface area contributed by atoms with Crippen LogP contribution < -0.4 is 20.1 Å². The third kappa shape index (κ3) is 4.47. The first-order valence-electron chi connectivity index (χ1n) is 8.49. The Morgan fingerprint density at radius 1 is 1.27 bits per heavy atom. The van der Waals surface area contributed by atoms with Gasteiger partial charge in [0.1, 0.15) is 0 Å². The predicted octanol–water partition coefficient (Wildman–Crippen LogP) is 1.86. The number of rotatable bonds is 7. The van der Waals surface area contributed by atoms with E-state index in [0.717, 1.165) is 54.1 Å². The molecular formula is C18H25ClN4O3. The molecule has 8 heteroatoms. The maximum atomic E-state index is 12.3. The van der Waals surface area contributed by atoms with Crippen LogP contribution in [0.2, 0.25) is 0 Å². The molecular weight excluding hydrogens is 356 g/mol. The molecule has 2 heterocycles. The molecule has 26 heavy (non-hydrogen) atoms. The minimum Gasteiger partial charge on any atom is -0.493 e. The average Bonchev–Trinajstić information content (AvgIpc) is 3.09. The standard InChI is InChI=1S/C18H24N4O3.ClH/c1-24-15-6-5-12(10-16(15)25-2)4-3-8-20-18(23)17-13-11-19-9-7-14(13)21-22-17;/h5-6,10,19H,3-4,7-9,11H2,1-2H3,(H,20,23)(H,21,22);1H. The van der Waals surface area contributed by atoms with Gasteiger partial charge in [-0.2, -0.15) is 5.10 Å². The number of aromatic amines is 1. The summed E-state index contributed by atoms with van der Waals surface area (Å²) in [5, 5.41) is 13.4. The highest BCUT2D eigenvalue weighted by Gasteiger charge is 2.21. The van der Waals surface area contributed by atoms with Crippen molar-refractivity contribution in [2.24, 2.45) is 0 Å². The molecule has 7 nitrogen and oxygen atoms in total. The van der Waals surface area contributed by atoms with Gasteiger partial charge in [-0.3, -0.25) is 9.89 Å². The summed E-state index contributed by atoms with van der Waals surface area (Å²) in [6.45, 7) is 2.21. The Balaban J connectivity index is 0.00000243. The van der Waals surface area contributed by atoms with Crippen LogP contribution in [0.3, 0.4) is 0 Å². The van der Waals surface area contributed by atoms with Gasteiger partial charge in [-0.05, 0) is 30.5 Å². The SMILES string of the molecule is COc1ccc(CCCNC(=O)c2n[nH]c3c2CNCC3)cc1OC.Cl. The molecule has 0 saturated carbocycles. The van der Waals surface area contributed by atoms with Gasteiger partial charge in [0.2, 0.25) is 0 Å². The summed E-state index contributed by atoms with van der Waals surface area (Å²) in [6, 6.07) is 5.88. The van der Waals surface area contributed by atoms with E-state index in [9.17, 15) is 4.79 Å². The van der Waals surface area contributed by atoms with Gasteiger partial charge in [-0.25, -0.2) is 0 Å². The van der Waals surface area contributed by atoms with Crippen molar-refractivity contribution in [3.05, 3.63) is 40.7 Å². The molecule has 1 aromatic heterocycles. The summed E-state index contributed by atoms with van der Waals surface area (Å²) >= 11 is 0. The van der Waals surface area contributed by atoms with Gasteiger partial charge in [0.15, 0.2) is 17.2 Å². The summed E-state index contributed by atoms with van der Waals surface area (Å²) in [7, 11) is 3.25. The van der Waals surface area contributed by atoms with Crippen molar-refractivity contribution in [3.8, 4) is 11.5 Å². The van der Waals surface area contributed by atoms with E-state index >= 15 is 0 Å². The van der Waals surface area contributed by atoms with Crippen molar-refractivity contribution in [3.63, 3.8) is 0 Å². The van der Waals surface area contributed by atoms with Crippen molar-refractivity contribution >= 4 is 18.3 Å². The number of aryl methyl sites for hydroxylation is 1. The second-order valence-electron chi connectivity index (χ2n) is 6.00. The molecule has 0 unspecified atom stereocenters. The summed E-state index contributed by atoms with van der Waals surface area (Å²) in [6.07, 6.45) is 2.57. The Bertz CT molecular complexity index is 748. The number of benzene rings is 1. The lowest BCUT2D eigenvalue weighted by Gasteiger charge is -2.13. The van der Waals surface area contributed by atoms with Crippen LogP contribution in [0.25, 0.3) is 0 Å². The van der Waals surface area contributed by atoms with Crippen molar-refractivity contribution in [2.45, 2.75) is 25.8 Å². The zero-order valence-electron chi connectivity index (χ0n) is 15.1. The van der Waals surface area contributed by atoms with E-state index in [1.54, 1.807) is 14.2 Å². The Morgan fingerprint density at radius 2 is 2.08 bits per heavy atom. The number of amides is 1. The number of halogens is 1. The molecule has 3 rings (SSSR count). The van der Waals surface area contributed by atoms with E-state index in [-0.39, 0.29) is 18.3 Å². The van der Waals surface area contributed by atoms with E-state index in [1.165, 1.54) is 0 Å². The smallest absolute Gasteiger partial charge is 0.272 e. The van der Waals surface area contributed by atoms with Crippen LogP contribution in [-0.2, 0) is 19.4 Å². The number of carbonyl (C=O) groups excluding carboxylic acids is 1. The van der Waals surface area contributed by atoms with Crippen LogP contribution in [0.15, 0.2) is 18.2 Å². The van der Waals surface area contributed by atoms with Crippen molar-refractivity contribution in [1.29, 1.82) is 0 Å². The normalized spacial score (nSPS) is 12.7. The first-order chi connectivity index (χ1) is 12.2. The zero-order valence-corrected chi connectivity index (χ0v) is 15.9. The molecule has 2 aromatic rings. The van der Waals surface area contributed by atoms with Crippen LogP contribution in [0.4, 0.5) is 0 Å². The molecule has 0 aliphatic carbocycles. The quantitative estimate of drug-likeness (QED) is 0.638. The third-order valence-electron chi connectivity index (χ3n) is 4.40. The van der Waals surface area contributed by atoms with Gasteiger partial charge >= 0.3 is 0 Å². The van der Waals surface area contributed by atoms with E-state index < -0.39 is 0 Å². The molecule has 142 valence electrons. The number of hydrogen-bond acceptors (Lipinski definition) is 5. The second kappa shape index (κ2) is 9.45. The molecule has 1 aromatic carbocycles. The van der Waals surface area contributed by atoms with E-state index in [0.29, 0.717) is 18.8 Å². The number of hydrogen-bond donors (Lipinski definition) is 3. The number of aromatic nitrogens is 2. The van der Waals surface area contributed by atoms with Gasteiger partial charge in [-0.15, -0.1) is 12.4 Å². The predicted molar refractivity (Wildman–Crippen MR) is 101 cm³/mol. The van der Waals surface area contributed by atoms with E-state index in [4.69, 9.17) is 9.47 Å². The van der Waals surface area contributed by atoms with Gasteiger partial charge in [0.05, 0.1) is 14.2 Å². The van der Waals surface area contributed by atoms with Crippen LogP contribution in [0.1, 0.15) is 33.7 Å². The molecule has 0 radical (unpaired) electrons. The molecule has 0 bridgehead atoms. The molecule has 1 aliphatic rings. The summed E-state index contributed by atoms with van der Waals surface area (Å²) < 4.78 is 10.5. The van der Waals surface area contributed by atoms with Crippen LogP contribution in [0.5, 0.6) is 11.5 Å². The van der Waals surface area contributed by atoms with Gasteiger partial charge in [0.25, 0.3) is 5.91 Å². The van der Waals surface area contributed by atoms with Gasteiger partial charge in [-0.1, -0.05) is 6.07 Å². The minimum atomic E-state index is -0.117. The summed E-state index contributed by atoms with van der Waals surface area (Å²) in [5.41, 5.74) is 3.71. The summed E-state index contributed by atoms with van der Waals surface area (Å²) in [5.74, 6) is 1.32. The maximum Gasteiger partial charge on any atom is 0.272 e. The summed E-state index contributed by atoms with van der Waals surface area (Å²) in [4.78, 5) is 12.3. The molecule has 0 spiro atoms. The van der Waals surface area contributed by atoms with Crippen molar-refractivity contribution in [2.75, 3.05) is 27.3 Å². The van der Waals surface area contributed by atoms with E-state index in [1.807, 2.05) is 18.2 Å². The molecule has 0 saturated heterocycles. The number of nitrogens with zero attached hydrogens (tertiary/aromatic N) is 1. The maximum absolute atomic E-state index is 12.3. The monoisotopic (exact) mass is 380 g/mol. The van der Waals surface area contributed by atoms with Crippen LogP contribution in [0, 0.1) is 0 Å². The lowest BCUT2D eigenvalue weighted by molar-refractivity contribution is 0.0947. The molecule has 0 fully saturated rings. The average molecular weight is 381 g/mol. The Morgan fingerprint density at radius 3 is 2.85 bits per heavy atom. The minimum absolute atomic E-state index is 0. The fraction of sp³-hybridized carbons (Fsp3) is 0.444. The number of carbonyl (C=O) groups is 1. The van der Waals surface area contributed by atoms with E-state index in [2.05, 4.69) is 20.8 Å². The lowest BCUT2D eigenvalue weighted by atomic mass is 10.1. The Hall–Kier alpha value is -2.25. The second-order valence-corrected chi connectivity index (χ2v) is 6.00. The lowest BCUT2D eigenvalue weighted by Crippen LogP contribution is -2.29. The Kier molecular flexibility index (Phi) is 7.29. The molecule has 1 aliphatic heterocycles. The Labute approximate surface area is 159 Å². The first kappa shape index (κ1) is 20.1. The topological polar surface area (TPSA) is 88.3 Å². The van der Waals surface area contributed by atoms with Crippen molar-refractivity contribution in [1.82, 2.24) is 20.8 Å². The number of methoxy groups -OCH3 is 2. The number of ether oxygens (including phenoxy) is 2. The van der Waals surface area contributed by atoms with Crippen LogP contribution in [-0.4, -0.2) is 43.4 Å². The highest BCUT2D eigenvalue weighted by atomic mass is 35.5. The highest BCUT2D eigenvalue weighted by Crippen LogP contribution is 2.27. The first-order valence-corrected chi connectivity index (χ1v) is 8.49.